The van der Waals surface area contributed by atoms with Gasteiger partial charge in [-0.2, -0.15) is 0 Å². The van der Waals surface area contributed by atoms with Gasteiger partial charge in [0.05, 0.1) is 12.6 Å². The fourth-order valence-electron chi connectivity index (χ4n) is 4.44. The molecule has 0 spiro atoms. The monoisotopic (exact) mass is 383 g/mol. The molecule has 2 heterocycles. The van der Waals surface area contributed by atoms with E-state index in [0.717, 1.165) is 51.7 Å². The number of nitrogens with zero attached hydrogens (tertiary/aromatic N) is 2. The average molecular weight is 384 g/mol. The van der Waals surface area contributed by atoms with Crippen LogP contribution in [0.15, 0.2) is 24.3 Å². The van der Waals surface area contributed by atoms with Crippen molar-refractivity contribution in [2.75, 3.05) is 26.2 Å². The van der Waals surface area contributed by atoms with Crippen LogP contribution in [0.2, 0.25) is 0 Å². The first-order valence-corrected chi connectivity index (χ1v) is 10.5. The Hall–Kier alpha value is -2.14. The van der Waals surface area contributed by atoms with Gasteiger partial charge >= 0.3 is 0 Å². The highest BCUT2D eigenvalue weighted by atomic mass is 16.2. The lowest BCUT2D eigenvalue weighted by Crippen LogP contribution is -2.52. The average Bonchev–Trinajstić information content (AvgIpc) is 2.68. The Morgan fingerprint density at radius 3 is 2.39 bits per heavy atom. The molecule has 0 bridgehead atoms. The van der Waals surface area contributed by atoms with Gasteiger partial charge in [-0.25, -0.2) is 0 Å². The van der Waals surface area contributed by atoms with Crippen molar-refractivity contribution < 1.29 is 9.59 Å². The summed E-state index contributed by atoms with van der Waals surface area (Å²) in [5.41, 5.74) is 9.43. The van der Waals surface area contributed by atoms with Crippen LogP contribution >= 0.6 is 0 Å². The van der Waals surface area contributed by atoms with Crippen LogP contribution in [0.3, 0.4) is 0 Å². The topological polar surface area (TPSA) is 66.6 Å². The fraction of sp³-hybridized carbons (Fsp3) is 0.565. The van der Waals surface area contributed by atoms with Crippen molar-refractivity contribution in [2.24, 2.45) is 11.7 Å². The second-order valence-electron chi connectivity index (χ2n) is 8.27. The van der Waals surface area contributed by atoms with Gasteiger partial charge in [0.25, 0.3) is 0 Å². The molecule has 0 radical (unpaired) electrons. The zero-order valence-corrected chi connectivity index (χ0v) is 17.2. The number of carbonyl (C=O) groups is 2. The molecule has 5 nitrogen and oxygen atoms in total. The Morgan fingerprint density at radius 1 is 1.07 bits per heavy atom. The summed E-state index contributed by atoms with van der Waals surface area (Å²) in [6, 6.07) is 6.11. The summed E-state index contributed by atoms with van der Waals surface area (Å²) in [7, 11) is 0. The van der Waals surface area contributed by atoms with E-state index in [9.17, 15) is 9.59 Å². The van der Waals surface area contributed by atoms with Crippen molar-refractivity contribution in [2.45, 2.75) is 52.0 Å². The highest BCUT2D eigenvalue weighted by Crippen LogP contribution is 2.23. The first-order valence-electron chi connectivity index (χ1n) is 10.5. The van der Waals surface area contributed by atoms with Crippen molar-refractivity contribution in [3.63, 3.8) is 0 Å². The standard InChI is InChI=1S/C23H33N3O2/c1-17-6-5-7-18(2)20(17)10-9-19-11-14-25(15-12-19)22(27)16-26-13-4-3-8-21(26)23(24)28/h5-7,9-10,19,21H,3-4,8,11-16H2,1-2H3,(H2,24,28)/b10-9+/t21-/m0/s1. The smallest absolute Gasteiger partial charge is 0.236 e. The minimum absolute atomic E-state index is 0.130. The van der Waals surface area contributed by atoms with E-state index in [2.05, 4.69) is 44.2 Å². The summed E-state index contributed by atoms with van der Waals surface area (Å²) in [6.07, 6.45) is 9.36. The van der Waals surface area contributed by atoms with Crippen molar-refractivity contribution in [3.8, 4) is 0 Å². The number of aryl methyl sites for hydroxylation is 2. The van der Waals surface area contributed by atoms with Gasteiger partial charge in [-0.3, -0.25) is 14.5 Å². The maximum absolute atomic E-state index is 12.7. The molecule has 0 saturated carbocycles. The zero-order chi connectivity index (χ0) is 20.1. The number of carbonyl (C=O) groups excluding carboxylic acids is 2. The van der Waals surface area contributed by atoms with Crippen LogP contribution in [0.1, 0.15) is 48.8 Å². The molecule has 2 saturated heterocycles. The van der Waals surface area contributed by atoms with E-state index in [0.29, 0.717) is 12.5 Å². The molecule has 152 valence electrons. The number of allylic oxidation sites excluding steroid dienone is 1. The molecule has 3 rings (SSSR count). The molecule has 1 aromatic rings. The van der Waals surface area contributed by atoms with Crippen molar-refractivity contribution in [1.82, 2.24) is 9.80 Å². The van der Waals surface area contributed by atoms with E-state index in [-0.39, 0.29) is 17.9 Å². The molecule has 2 aliphatic rings. The van der Waals surface area contributed by atoms with Crippen LogP contribution in [0.25, 0.3) is 6.08 Å². The number of nitrogens with two attached hydrogens (primary N) is 1. The molecule has 2 fully saturated rings. The molecule has 28 heavy (non-hydrogen) atoms. The lowest BCUT2D eigenvalue weighted by Gasteiger charge is -2.36. The Labute approximate surface area is 168 Å². The summed E-state index contributed by atoms with van der Waals surface area (Å²) in [6.45, 7) is 6.97. The summed E-state index contributed by atoms with van der Waals surface area (Å²) >= 11 is 0. The first-order chi connectivity index (χ1) is 13.5. The van der Waals surface area contributed by atoms with Crippen LogP contribution in [0.4, 0.5) is 0 Å². The third-order valence-electron chi connectivity index (χ3n) is 6.25. The first kappa shape index (κ1) is 20.6. The van der Waals surface area contributed by atoms with Crippen molar-refractivity contribution in [3.05, 3.63) is 41.0 Å². The second-order valence-corrected chi connectivity index (χ2v) is 8.27. The normalized spacial score (nSPS) is 21.9. The Morgan fingerprint density at radius 2 is 1.75 bits per heavy atom. The van der Waals surface area contributed by atoms with Crippen LogP contribution < -0.4 is 5.73 Å². The number of amides is 2. The summed E-state index contributed by atoms with van der Waals surface area (Å²) < 4.78 is 0. The predicted octanol–water partition coefficient (Wildman–Crippen LogP) is 2.90. The molecule has 0 aromatic heterocycles. The summed E-state index contributed by atoms with van der Waals surface area (Å²) in [4.78, 5) is 28.3. The minimum Gasteiger partial charge on any atom is -0.368 e. The molecule has 0 aliphatic carbocycles. The van der Waals surface area contributed by atoms with Gasteiger partial charge in [0.1, 0.15) is 0 Å². The highest BCUT2D eigenvalue weighted by Gasteiger charge is 2.30. The quantitative estimate of drug-likeness (QED) is 0.850. The lowest BCUT2D eigenvalue weighted by atomic mass is 9.94. The maximum atomic E-state index is 12.7. The van der Waals surface area contributed by atoms with Crippen LogP contribution in [-0.2, 0) is 9.59 Å². The minimum atomic E-state index is -0.303. The third-order valence-corrected chi connectivity index (χ3v) is 6.25. The van der Waals surface area contributed by atoms with E-state index in [1.165, 1.54) is 16.7 Å². The molecule has 2 N–H and O–H groups in total. The maximum Gasteiger partial charge on any atom is 0.236 e. The Bertz CT molecular complexity index is 715. The van der Waals surface area contributed by atoms with Gasteiger partial charge in [-0.1, -0.05) is 36.8 Å². The van der Waals surface area contributed by atoms with Crippen molar-refractivity contribution >= 4 is 17.9 Å². The van der Waals surface area contributed by atoms with Gasteiger partial charge in [-0.05, 0) is 68.7 Å². The van der Waals surface area contributed by atoms with E-state index in [1.807, 2.05) is 9.80 Å². The molecule has 0 unspecified atom stereocenters. The van der Waals surface area contributed by atoms with Crippen LogP contribution in [-0.4, -0.2) is 53.8 Å². The number of likely N-dealkylation sites (tertiary alicyclic amines) is 2. The predicted molar refractivity (Wildman–Crippen MR) is 113 cm³/mol. The van der Waals surface area contributed by atoms with E-state index < -0.39 is 0 Å². The molecule has 2 aliphatic heterocycles. The molecule has 1 aromatic carbocycles. The largest absolute Gasteiger partial charge is 0.368 e. The van der Waals surface area contributed by atoms with Gasteiger partial charge < -0.3 is 10.6 Å². The highest BCUT2D eigenvalue weighted by molar-refractivity contribution is 5.82. The lowest BCUT2D eigenvalue weighted by molar-refractivity contribution is -0.136. The molecule has 2 amide bonds. The number of benzene rings is 1. The fourth-order valence-corrected chi connectivity index (χ4v) is 4.44. The number of rotatable bonds is 5. The molecular weight excluding hydrogens is 350 g/mol. The second kappa shape index (κ2) is 9.37. The molecule has 1 atom stereocenters. The van der Waals surface area contributed by atoms with Crippen molar-refractivity contribution in [1.29, 1.82) is 0 Å². The van der Waals surface area contributed by atoms with Gasteiger partial charge in [0.2, 0.25) is 11.8 Å². The summed E-state index contributed by atoms with van der Waals surface area (Å²) in [5, 5.41) is 0. The molecular formula is C23H33N3O2. The van der Waals surface area contributed by atoms with Gasteiger partial charge in [0, 0.05) is 13.1 Å². The Kier molecular flexibility index (Phi) is 6.89. The van der Waals surface area contributed by atoms with E-state index in [4.69, 9.17) is 5.73 Å². The number of hydrogen-bond donors (Lipinski definition) is 1. The third kappa shape index (κ3) is 5.02. The van der Waals surface area contributed by atoms with Crippen LogP contribution in [0, 0.1) is 19.8 Å². The Balaban J connectivity index is 1.51. The number of primary amides is 1. The van der Waals surface area contributed by atoms with E-state index >= 15 is 0 Å². The number of hydrogen-bond acceptors (Lipinski definition) is 3. The van der Waals surface area contributed by atoms with Gasteiger partial charge in [0.15, 0.2) is 0 Å². The number of piperidine rings is 2. The van der Waals surface area contributed by atoms with Crippen LogP contribution in [0.5, 0.6) is 0 Å². The zero-order valence-electron chi connectivity index (χ0n) is 17.2. The SMILES string of the molecule is Cc1cccc(C)c1/C=C/C1CCN(C(=O)CN2CCCC[C@H]2C(N)=O)CC1. The summed E-state index contributed by atoms with van der Waals surface area (Å²) in [5.74, 6) is 0.338. The van der Waals surface area contributed by atoms with Gasteiger partial charge in [-0.15, -0.1) is 0 Å². The van der Waals surface area contributed by atoms with E-state index in [1.54, 1.807) is 0 Å². The molecule has 5 heteroatoms.